The van der Waals surface area contributed by atoms with Crippen molar-refractivity contribution in [3.05, 3.63) is 83.1 Å². The predicted molar refractivity (Wildman–Crippen MR) is 139 cm³/mol. The first-order chi connectivity index (χ1) is 17.8. The highest BCUT2D eigenvalue weighted by Crippen LogP contribution is 2.28. The molecule has 2 amide bonds. The first-order valence-electron chi connectivity index (χ1n) is 12.4. The fraction of sp³-hybridized carbons (Fsp3) is 0.379. The fourth-order valence-corrected chi connectivity index (χ4v) is 4.03. The quantitative estimate of drug-likeness (QED) is 0.333. The van der Waals surface area contributed by atoms with Crippen LogP contribution in [0.3, 0.4) is 0 Å². The van der Waals surface area contributed by atoms with Crippen LogP contribution in [0.5, 0.6) is 11.5 Å². The Morgan fingerprint density at radius 2 is 1.76 bits per heavy atom. The summed E-state index contributed by atoms with van der Waals surface area (Å²) in [6, 6.07) is 14.9. The van der Waals surface area contributed by atoms with Gasteiger partial charge in [-0.15, -0.1) is 0 Å². The second kappa shape index (κ2) is 12.9. The van der Waals surface area contributed by atoms with Crippen molar-refractivity contribution in [3.8, 4) is 11.5 Å². The lowest BCUT2D eigenvalue weighted by atomic mass is 10.1. The van der Waals surface area contributed by atoms with Crippen LogP contribution in [0.2, 0.25) is 0 Å². The number of amides is 2. The lowest BCUT2D eigenvalue weighted by molar-refractivity contribution is -0.133. The Morgan fingerprint density at radius 1 is 1.03 bits per heavy atom. The van der Waals surface area contributed by atoms with Crippen LogP contribution in [0, 0.1) is 12.7 Å². The summed E-state index contributed by atoms with van der Waals surface area (Å²) in [4.78, 5) is 30.0. The molecule has 0 spiro atoms. The van der Waals surface area contributed by atoms with Crippen molar-refractivity contribution in [2.75, 3.05) is 27.3 Å². The van der Waals surface area contributed by atoms with Crippen molar-refractivity contribution in [1.82, 2.24) is 9.80 Å². The summed E-state index contributed by atoms with van der Waals surface area (Å²) in [5.41, 5.74) is 0.918. The van der Waals surface area contributed by atoms with Gasteiger partial charge in [0.05, 0.1) is 26.3 Å². The molecule has 198 valence electrons. The van der Waals surface area contributed by atoms with Gasteiger partial charge in [-0.25, -0.2) is 4.39 Å². The van der Waals surface area contributed by atoms with E-state index < -0.39 is 11.7 Å². The molecular weight excluding hydrogens is 475 g/mol. The number of furan rings is 1. The third-order valence-corrected chi connectivity index (χ3v) is 6.41. The molecule has 3 rings (SSSR count). The smallest absolute Gasteiger partial charge is 0.257 e. The summed E-state index contributed by atoms with van der Waals surface area (Å²) in [6.45, 7) is 6.09. The molecule has 3 aromatic rings. The number of ether oxygens (including phenoxy) is 2. The Hall–Kier alpha value is -3.81. The maximum atomic E-state index is 14.4. The number of carbonyl (C=O) groups excluding carboxylic acids is 2. The van der Waals surface area contributed by atoms with E-state index in [0.717, 1.165) is 11.3 Å². The highest BCUT2D eigenvalue weighted by atomic mass is 19.1. The Labute approximate surface area is 217 Å². The van der Waals surface area contributed by atoms with Crippen LogP contribution in [0.15, 0.2) is 59.0 Å². The molecule has 0 aliphatic rings. The molecule has 37 heavy (non-hydrogen) atoms. The van der Waals surface area contributed by atoms with E-state index >= 15 is 0 Å². The largest absolute Gasteiger partial charge is 0.493 e. The number of rotatable bonds is 12. The summed E-state index contributed by atoms with van der Waals surface area (Å²) in [7, 11) is 3.15. The maximum absolute atomic E-state index is 14.4. The molecule has 7 nitrogen and oxygen atoms in total. The number of carbonyl (C=O) groups is 2. The van der Waals surface area contributed by atoms with Gasteiger partial charge in [0.25, 0.3) is 5.91 Å². The molecule has 0 aliphatic carbocycles. The summed E-state index contributed by atoms with van der Waals surface area (Å²) in [6.07, 6.45) is 1.17. The second-order valence-electron chi connectivity index (χ2n) is 8.94. The number of nitrogens with zero attached hydrogens (tertiary/aromatic N) is 2. The van der Waals surface area contributed by atoms with Gasteiger partial charge in [0.1, 0.15) is 23.9 Å². The average molecular weight is 511 g/mol. The first-order valence-corrected chi connectivity index (χ1v) is 12.4. The first kappa shape index (κ1) is 27.8. The zero-order valence-electron chi connectivity index (χ0n) is 22.1. The number of hydrogen-bond donors (Lipinski definition) is 0. The summed E-state index contributed by atoms with van der Waals surface area (Å²) in [5, 5.41) is 0. The maximum Gasteiger partial charge on any atom is 0.257 e. The van der Waals surface area contributed by atoms with Gasteiger partial charge in [0, 0.05) is 12.6 Å². The van der Waals surface area contributed by atoms with Crippen molar-refractivity contribution in [2.24, 2.45) is 0 Å². The van der Waals surface area contributed by atoms with E-state index in [2.05, 4.69) is 0 Å². The van der Waals surface area contributed by atoms with E-state index in [4.69, 9.17) is 13.9 Å². The Kier molecular flexibility index (Phi) is 9.71. The molecule has 0 unspecified atom stereocenters. The van der Waals surface area contributed by atoms with Crippen molar-refractivity contribution >= 4 is 11.8 Å². The third-order valence-electron chi connectivity index (χ3n) is 6.41. The summed E-state index contributed by atoms with van der Waals surface area (Å²) in [5.74, 6) is 1.27. The summed E-state index contributed by atoms with van der Waals surface area (Å²) >= 11 is 0. The topological polar surface area (TPSA) is 72.2 Å². The van der Waals surface area contributed by atoms with Gasteiger partial charge in [0.15, 0.2) is 11.5 Å². The third kappa shape index (κ3) is 7.12. The number of aryl methyl sites for hydroxylation is 1. The van der Waals surface area contributed by atoms with Gasteiger partial charge in [-0.05, 0) is 68.7 Å². The van der Waals surface area contributed by atoms with E-state index in [1.807, 2.05) is 51.1 Å². The number of benzene rings is 2. The fourth-order valence-electron chi connectivity index (χ4n) is 4.03. The van der Waals surface area contributed by atoms with E-state index in [0.29, 0.717) is 36.6 Å². The average Bonchev–Trinajstić information content (AvgIpc) is 3.33. The molecule has 0 radical (unpaired) electrons. The number of methoxy groups -OCH3 is 2. The predicted octanol–water partition coefficient (Wildman–Crippen LogP) is 5.26. The normalized spacial score (nSPS) is 11.6. The van der Waals surface area contributed by atoms with Gasteiger partial charge >= 0.3 is 0 Å². The molecule has 0 fully saturated rings. The lowest BCUT2D eigenvalue weighted by Gasteiger charge is -2.31. The van der Waals surface area contributed by atoms with Gasteiger partial charge in [0.2, 0.25) is 5.91 Å². The van der Waals surface area contributed by atoms with Crippen LogP contribution in [-0.2, 0) is 17.8 Å². The Morgan fingerprint density at radius 3 is 2.38 bits per heavy atom. The van der Waals surface area contributed by atoms with Gasteiger partial charge in [-0.2, -0.15) is 0 Å². The molecule has 0 saturated carbocycles. The van der Waals surface area contributed by atoms with Gasteiger partial charge < -0.3 is 23.7 Å². The van der Waals surface area contributed by atoms with Crippen molar-refractivity contribution in [3.63, 3.8) is 0 Å². The molecule has 0 aliphatic heterocycles. The molecule has 0 saturated heterocycles. The number of hydrogen-bond acceptors (Lipinski definition) is 5. The van der Waals surface area contributed by atoms with Crippen LogP contribution in [0.25, 0.3) is 0 Å². The highest BCUT2D eigenvalue weighted by molar-refractivity contribution is 5.97. The minimum Gasteiger partial charge on any atom is -0.493 e. The zero-order chi connectivity index (χ0) is 26.9. The molecule has 0 N–H and O–H groups in total. The second-order valence-corrected chi connectivity index (χ2v) is 8.94. The number of halogens is 1. The van der Waals surface area contributed by atoms with Crippen LogP contribution in [0.1, 0.15) is 47.7 Å². The van der Waals surface area contributed by atoms with E-state index in [9.17, 15) is 14.0 Å². The monoisotopic (exact) mass is 510 g/mol. The minimum absolute atomic E-state index is 0.0471. The van der Waals surface area contributed by atoms with Crippen molar-refractivity contribution in [2.45, 2.75) is 46.2 Å². The molecule has 1 heterocycles. The standard InChI is InChI=1S/C29H35FN2O5/c1-6-20(2)32(29(34)24-9-7-8-10-25(24)30)19-28(33)31(18-23-13-11-21(3)37-23)16-15-22-12-14-26(35-4)27(17-22)36-5/h7-14,17,20H,6,15-16,18-19H2,1-5H3/t20-/m0/s1. The van der Waals surface area contributed by atoms with Gasteiger partial charge in [-0.3, -0.25) is 9.59 Å². The molecule has 8 heteroatoms. The molecular formula is C29H35FN2O5. The van der Waals surface area contributed by atoms with Crippen molar-refractivity contribution < 1.29 is 27.9 Å². The Bertz CT molecular complexity index is 1210. The van der Waals surface area contributed by atoms with E-state index in [1.54, 1.807) is 25.2 Å². The lowest BCUT2D eigenvalue weighted by Crippen LogP contribution is -2.47. The SMILES string of the molecule is CC[C@H](C)N(CC(=O)N(CCc1ccc(OC)c(OC)c1)Cc1ccc(C)o1)C(=O)c1ccccc1F. The molecule has 1 aromatic heterocycles. The van der Waals surface area contributed by atoms with Gasteiger partial charge in [-0.1, -0.05) is 25.1 Å². The van der Waals surface area contributed by atoms with Crippen LogP contribution >= 0.6 is 0 Å². The highest BCUT2D eigenvalue weighted by Gasteiger charge is 2.27. The van der Waals surface area contributed by atoms with Crippen LogP contribution in [0.4, 0.5) is 4.39 Å². The minimum atomic E-state index is -0.607. The van der Waals surface area contributed by atoms with Crippen LogP contribution in [-0.4, -0.2) is 55.0 Å². The molecule has 2 aromatic carbocycles. The summed E-state index contributed by atoms with van der Waals surface area (Å²) < 4.78 is 30.8. The zero-order valence-corrected chi connectivity index (χ0v) is 22.1. The van der Waals surface area contributed by atoms with E-state index in [-0.39, 0.29) is 30.6 Å². The molecule has 1 atom stereocenters. The Balaban J connectivity index is 1.83. The molecule has 0 bridgehead atoms. The van der Waals surface area contributed by atoms with E-state index in [1.165, 1.54) is 23.1 Å². The van der Waals surface area contributed by atoms with Crippen molar-refractivity contribution in [1.29, 1.82) is 0 Å². The van der Waals surface area contributed by atoms with Crippen LogP contribution < -0.4 is 9.47 Å².